The Hall–Kier alpha value is -3.43. The van der Waals surface area contributed by atoms with Crippen LogP contribution in [0.4, 0.5) is 10.1 Å². The first-order valence-corrected chi connectivity index (χ1v) is 12.7. The number of carbonyl (C=O) groups excluding carboxylic acids is 1. The third-order valence-electron chi connectivity index (χ3n) is 5.78. The Morgan fingerprint density at radius 3 is 2.61 bits per heavy atom. The second kappa shape index (κ2) is 12.0. The van der Waals surface area contributed by atoms with Crippen LogP contribution in [0, 0.1) is 5.82 Å². The molecule has 1 atom stereocenters. The molecule has 1 unspecified atom stereocenters. The summed E-state index contributed by atoms with van der Waals surface area (Å²) in [7, 11) is 1.62. The van der Waals surface area contributed by atoms with Gasteiger partial charge in [0.2, 0.25) is 5.91 Å². The van der Waals surface area contributed by atoms with Crippen molar-refractivity contribution in [2.75, 3.05) is 30.9 Å². The number of nitrogens with zero attached hydrogens (tertiary/aromatic N) is 4. The molecule has 1 aromatic heterocycles. The van der Waals surface area contributed by atoms with Crippen molar-refractivity contribution in [2.45, 2.75) is 31.7 Å². The number of aromatic nitrogens is 3. The summed E-state index contributed by atoms with van der Waals surface area (Å²) in [5.74, 6) is 0.380. The standard InChI is InChI=1S/C27H29FN4O3S/c1-4-31(23-14-9-11-20-10-5-6-12-21(20)23)26(33)18-36-27-30-29-25(32(27)19(2)16-34-3)17-35-24-15-8-7-13-22(24)28/h5-15,19H,4,16-18H2,1-3H3. The second-order valence-corrected chi connectivity index (χ2v) is 9.16. The van der Waals surface area contributed by atoms with Gasteiger partial charge in [-0.1, -0.05) is 60.3 Å². The first-order chi connectivity index (χ1) is 17.5. The molecule has 0 fully saturated rings. The van der Waals surface area contributed by atoms with Gasteiger partial charge < -0.3 is 14.4 Å². The van der Waals surface area contributed by atoms with Crippen molar-refractivity contribution in [3.63, 3.8) is 0 Å². The van der Waals surface area contributed by atoms with Gasteiger partial charge in [-0.2, -0.15) is 0 Å². The molecule has 0 aliphatic carbocycles. The van der Waals surface area contributed by atoms with Gasteiger partial charge in [0.25, 0.3) is 0 Å². The zero-order valence-corrected chi connectivity index (χ0v) is 21.4. The highest BCUT2D eigenvalue weighted by atomic mass is 32.2. The third-order valence-corrected chi connectivity index (χ3v) is 6.70. The van der Waals surface area contributed by atoms with Crippen LogP contribution in [0.25, 0.3) is 10.8 Å². The van der Waals surface area contributed by atoms with Crippen molar-refractivity contribution < 1.29 is 18.7 Å². The minimum absolute atomic E-state index is 0.0306. The molecule has 0 N–H and O–H groups in total. The van der Waals surface area contributed by atoms with Gasteiger partial charge in [0.15, 0.2) is 22.5 Å². The van der Waals surface area contributed by atoms with E-state index in [0.29, 0.717) is 24.1 Å². The number of carbonyl (C=O) groups is 1. The normalized spacial score (nSPS) is 12.0. The van der Waals surface area contributed by atoms with E-state index >= 15 is 0 Å². The molecule has 3 aromatic carbocycles. The van der Waals surface area contributed by atoms with E-state index in [2.05, 4.69) is 10.2 Å². The van der Waals surface area contributed by atoms with E-state index in [1.807, 2.05) is 60.9 Å². The van der Waals surface area contributed by atoms with Crippen molar-refractivity contribution >= 4 is 34.1 Å². The molecule has 7 nitrogen and oxygen atoms in total. The molecule has 9 heteroatoms. The van der Waals surface area contributed by atoms with Crippen LogP contribution in [0.1, 0.15) is 25.7 Å². The number of ether oxygens (including phenoxy) is 2. The number of thioether (sulfide) groups is 1. The summed E-state index contributed by atoms with van der Waals surface area (Å²) in [6.45, 7) is 4.93. The summed E-state index contributed by atoms with van der Waals surface area (Å²) in [6, 6.07) is 20.1. The van der Waals surface area contributed by atoms with Gasteiger partial charge in [-0.3, -0.25) is 9.36 Å². The minimum atomic E-state index is -0.443. The molecule has 188 valence electrons. The predicted molar refractivity (Wildman–Crippen MR) is 140 cm³/mol. The van der Waals surface area contributed by atoms with Crippen molar-refractivity contribution in [3.05, 3.63) is 78.4 Å². The largest absolute Gasteiger partial charge is 0.483 e. The number of anilines is 1. The minimum Gasteiger partial charge on any atom is -0.483 e. The van der Waals surface area contributed by atoms with Crippen LogP contribution in [-0.2, 0) is 16.1 Å². The Labute approximate surface area is 214 Å². The molecule has 4 rings (SSSR count). The summed E-state index contributed by atoms with van der Waals surface area (Å²) in [5.41, 5.74) is 0.884. The third kappa shape index (κ3) is 5.68. The highest BCUT2D eigenvalue weighted by molar-refractivity contribution is 7.99. The number of hydrogen-bond donors (Lipinski definition) is 0. The maximum atomic E-state index is 14.0. The average Bonchev–Trinajstić information content (AvgIpc) is 3.30. The molecule has 0 radical (unpaired) electrons. The topological polar surface area (TPSA) is 69.5 Å². The quantitative estimate of drug-likeness (QED) is 0.249. The lowest BCUT2D eigenvalue weighted by molar-refractivity contribution is -0.116. The Kier molecular flexibility index (Phi) is 8.56. The highest BCUT2D eigenvalue weighted by Crippen LogP contribution is 2.29. The lowest BCUT2D eigenvalue weighted by atomic mass is 10.1. The zero-order chi connectivity index (χ0) is 25.5. The van der Waals surface area contributed by atoms with Gasteiger partial charge in [0.05, 0.1) is 24.1 Å². The van der Waals surface area contributed by atoms with Crippen LogP contribution in [0.3, 0.4) is 0 Å². The van der Waals surface area contributed by atoms with Crippen molar-refractivity contribution in [1.82, 2.24) is 14.8 Å². The molecule has 1 heterocycles. The van der Waals surface area contributed by atoms with E-state index in [4.69, 9.17) is 9.47 Å². The van der Waals surface area contributed by atoms with Crippen LogP contribution < -0.4 is 9.64 Å². The van der Waals surface area contributed by atoms with E-state index in [1.165, 1.54) is 17.8 Å². The predicted octanol–water partition coefficient (Wildman–Crippen LogP) is 5.50. The molecule has 36 heavy (non-hydrogen) atoms. The van der Waals surface area contributed by atoms with Gasteiger partial charge >= 0.3 is 0 Å². The molecule has 0 saturated heterocycles. The van der Waals surface area contributed by atoms with Crippen LogP contribution in [0.15, 0.2) is 71.9 Å². The zero-order valence-electron chi connectivity index (χ0n) is 20.6. The number of halogens is 1. The van der Waals surface area contributed by atoms with E-state index in [0.717, 1.165) is 16.5 Å². The Bertz CT molecular complexity index is 1320. The van der Waals surface area contributed by atoms with Crippen LogP contribution in [-0.4, -0.2) is 46.7 Å². The lowest BCUT2D eigenvalue weighted by Crippen LogP contribution is -2.32. The van der Waals surface area contributed by atoms with Crippen molar-refractivity contribution in [1.29, 1.82) is 0 Å². The van der Waals surface area contributed by atoms with Crippen LogP contribution >= 0.6 is 11.8 Å². The summed E-state index contributed by atoms with van der Waals surface area (Å²) >= 11 is 1.31. The summed E-state index contributed by atoms with van der Waals surface area (Å²) < 4.78 is 26.9. The maximum absolute atomic E-state index is 14.0. The molecular weight excluding hydrogens is 479 g/mol. The fraction of sp³-hybridized carbons (Fsp3) is 0.296. The van der Waals surface area contributed by atoms with Crippen LogP contribution in [0.5, 0.6) is 5.75 Å². The van der Waals surface area contributed by atoms with Gasteiger partial charge in [-0.15, -0.1) is 10.2 Å². The molecule has 0 saturated carbocycles. The number of rotatable bonds is 11. The second-order valence-electron chi connectivity index (χ2n) is 8.22. The first-order valence-electron chi connectivity index (χ1n) is 11.7. The van der Waals surface area contributed by atoms with Crippen molar-refractivity contribution in [3.8, 4) is 5.75 Å². The molecule has 0 aliphatic rings. The molecule has 0 aliphatic heterocycles. The Morgan fingerprint density at radius 2 is 1.83 bits per heavy atom. The molecule has 0 spiro atoms. The Balaban J connectivity index is 1.52. The Morgan fingerprint density at radius 1 is 1.08 bits per heavy atom. The van der Waals surface area contributed by atoms with E-state index < -0.39 is 5.82 Å². The van der Waals surface area contributed by atoms with Crippen LogP contribution in [0.2, 0.25) is 0 Å². The number of methoxy groups -OCH3 is 1. The molecule has 1 amide bonds. The summed E-state index contributed by atoms with van der Waals surface area (Å²) in [6.07, 6.45) is 0. The molecule has 4 aromatic rings. The monoisotopic (exact) mass is 508 g/mol. The average molecular weight is 509 g/mol. The first kappa shape index (κ1) is 25.7. The molecule has 0 bridgehead atoms. The number of amides is 1. The van der Waals surface area contributed by atoms with Gasteiger partial charge in [-0.05, 0) is 37.4 Å². The number of benzene rings is 3. The van der Waals surface area contributed by atoms with Gasteiger partial charge in [0, 0.05) is 19.0 Å². The number of hydrogen-bond acceptors (Lipinski definition) is 6. The van der Waals surface area contributed by atoms with Gasteiger partial charge in [-0.25, -0.2) is 4.39 Å². The number of para-hydroxylation sites is 1. The lowest BCUT2D eigenvalue weighted by Gasteiger charge is -2.23. The number of fused-ring (bicyclic) bond motifs is 1. The molecular formula is C27H29FN4O3S. The highest BCUT2D eigenvalue weighted by Gasteiger charge is 2.22. The van der Waals surface area contributed by atoms with Gasteiger partial charge in [0.1, 0.15) is 6.61 Å². The SMILES string of the molecule is CCN(C(=O)CSc1nnc(COc2ccccc2F)n1C(C)COC)c1cccc2ccccc12. The van der Waals surface area contributed by atoms with Crippen molar-refractivity contribution in [2.24, 2.45) is 0 Å². The van der Waals surface area contributed by atoms with E-state index in [-0.39, 0.29) is 30.1 Å². The van der Waals surface area contributed by atoms with E-state index in [1.54, 1.807) is 30.2 Å². The summed E-state index contributed by atoms with van der Waals surface area (Å²) in [4.78, 5) is 15.1. The maximum Gasteiger partial charge on any atom is 0.237 e. The fourth-order valence-corrected chi connectivity index (χ4v) is 5.03. The smallest absolute Gasteiger partial charge is 0.237 e. The van der Waals surface area contributed by atoms with E-state index in [9.17, 15) is 9.18 Å². The summed E-state index contributed by atoms with van der Waals surface area (Å²) in [5, 5.41) is 11.3. The fourth-order valence-electron chi connectivity index (χ4n) is 4.10.